The van der Waals surface area contributed by atoms with Gasteiger partial charge >= 0.3 is 5.97 Å². The van der Waals surface area contributed by atoms with Crippen molar-refractivity contribution >= 4 is 5.97 Å². The second-order valence-corrected chi connectivity index (χ2v) is 7.32. The molecule has 2 bridgehead atoms. The van der Waals surface area contributed by atoms with Gasteiger partial charge in [-0.05, 0) is 44.9 Å². The van der Waals surface area contributed by atoms with Gasteiger partial charge in [0.15, 0.2) is 0 Å². The number of nitrogens with zero attached hydrogens (tertiary/aromatic N) is 1. The number of unbranched alkanes of at least 4 members (excludes halogenated alkanes) is 4. The first-order valence-corrected chi connectivity index (χ1v) is 9.11. The van der Waals surface area contributed by atoms with Gasteiger partial charge in [0.1, 0.15) is 0 Å². The summed E-state index contributed by atoms with van der Waals surface area (Å²) in [4.78, 5) is 13.7. The van der Waals surface area contributed by atoms with E-state index in [9.17, 15) is 4.79 Å². The number of aliphatic carboxylic acids is 1. The minimum absolute atomic E-state index is 0.381. The van der Waals surface area contributed by atoms with E-state index < -0.39 is 5.97 Å². The Kier molecular flexibility index (Phi) is 6.53. The van der Waals surface area contributed by atoms with E-state index >= 15 is 0 Å². The number of hydrogen-bond donors (Lipinski definition) is 1. The highest BCUT2D eigenvalue weighted by Crippen LogP contribution is 2.41. The molecule has 1 N–H and O–H groups in total. The molecule has 3 atom stereocenters. The molecule has 122 valence electrons. The molecule has 0 radical (unpaired) electrons. The van der Waals surface area contributed by atoms with E-state index in [-0.39, 0.29) is 0 Å². The second-order valence-electron chi connectivity index (χ2n) is 7.32. The van der Waals surface area contributed by atoms with Crippen LogP contribution in [0.2, 0.25) is 0 Å². The highest BCUT2D eigenvalue weighted by molar-refractivity contribution is 5.67. The van der Waals surface area contributed by atoms with Crippen LogP contribution in [0.1, 0.15) is 84.5 Å². The lowest BCUT2D eigenvalue weighted by Crippen LogP contribution is -2.48. The third kappa shape index (κ3) is 4.70. The summed E-state index contributed by atoms with van der Waals surface area (Å²) in [5.41, 5.74) is 0. The van der Waals surface area contributed by atoms with Crippen LogP contribution in [0, 0.1) is 5.92 Å². The normalized spacial score (nSPS) is 30.5. The zero-order chi connectivity index (χ0) is 15.2. The molecule has 0 spiro atoms. The molecule has 2 fully saturated rings. The lowest BCUT2D eigenvalue weighted by Gasteiger charge is -2.42. The average molecular weight is 295 g/mol. The van der Waals surface area contributed by atoms with Crippen molar-refractivity contribution in [1.82, 2.24) is 4.90 Å². The lowest BCUT2D eigenvalue weighted by atomic mass is 9.87. The number of carboxylic acid groups (broad SMARTS) is 1. The van der Waals surface area contributed by atoms with E-state index in [4.69, 9.17) is 5.11 Å². The molecule has 2 saturated heterocycles. The van der Waals surface area contributed by atoms with Crippen LogP contribution in [0.4, 0.5) is 0 Å². The SMILES string of the molecule is CCCCCCCC(C)N1C2CCC1CC(CC(=O)O)C2. The van der Waals surface area contributed by atoms with Gasteiger partial charge in [0.25, 0.3) is 0 Å². The summed E-state index contributed by atoms with van der Waals surface area (Å²) < 4.78 is 0. The zero-order valence-electron chi connectivity index (χ0n) is 13.9. The highest BCUT2D eigenvalue weighted by atomic mass is 16.4. The molecular formula is C18H33NO2. The molecule has 21 heavy (non-hydrogen) atoms. The summed E-state index contributed by atoms with van der Waals surface area (Å²) >= 11 is 0. The maximum atomic E-state index is 10.9. The molecule has 2 aliphatic rings. The van der Waals surface area contributed by atoms with Gasteiger partial charge < -0.3 is 5.11 Å². The Morgan fingerprint density at radius 1 is 1.14 bits per heavy atom. The fraction of sp³-hybridized carbons (Fsp3) is 0.944. The first-order chi connectivity index (χ1) is 10.1. The number of hydrogen-bond acceptors (Lipinski definition) is 2. The molecular weight excluding hydrogens is 262 g/mol. The van der Waals surface area contributed by atoms with Crippen molar-refractivity contribution in [3.63, 3.8) is 0 Å². The maximum Gasteiger partial charge on any atom is 0.303 e. The molecule has 0 amide bonds. The standard InChI is InChI=1S/C18H33NO2/c1-3-4-5-6-7-8-14(2)19-16-9-10-17(19)12-15(11-16)13-18(20)21/h14-17H,3-13H2,1-2H3,(H,20,21). The van der Waals surface area contributed by atoms with Crippen molar-refractivity contribution in [3.05, 3.63) is 0 Å². The smallest absolute Gasteiger partial charge is 0.303 e. The molecule has 2 heterocycles. The predicted octanol–water partition coefficient (Wildman–Crippen LogP) is 4.45. The van der Waals surface area contributed by atoms with Crippen LogP contribution in [-0.2, 0) is 4.79 Å². The largest absolute Gasteiger partial charge is 0.481 e. The first-order valence-electron chi connectivity index (χ1n) is 9.11. The van der Waals surface area contributed by atoms with Crippen molar-refractivity contribution in [2.24, 2.45) is 5.92 Å². The summed E-state index contributed by atoms with van der Waals surface area (Å²) in [5, 5.41) is 9.01. The minimum Gasteiger partial charge on any atom is -0.481 e. The van der Waals surface area contributed by atoms with Crippen LogP contribution in [0.5, 0.6) is 0 Å². The maximum absolute atomic E-state index is 10.9. The Hall–Kier alpha value is -0.570. The number of rotatable bonds is 9. The highest BCUT2D eigenvalue weighted by Gasteiger charge is 2.42. The monoisotopic (exact) mass is 295 g/mol. The lowest BCUT2D eigenvalue weighted by molar-refractivity contribution is -0.138. The summed E-state index contributed by atoms with van der Waals surface area (Å²) in [6.07, 6.45) is 13.3. The first kappa shape index (κ1) is 16.8. The average Bonchev–Trinajstić information content (AvgIpc) is 2.69. The summed E-state index contributed by atoms with van der Waals surface area (Å²) in [7, 11) is 0. The van der Waals surface area contributed by atoms with Gasteiger partial charge in [-0.15, -0.1) is 0 Å². The molecule has 3 nitrogen and oxygen atoms in total. The van der Waals surface area contributed by atoms with Crippen LogP contribution >= 0.6 is 0 Å². The van der Waals surface area contributed by atoms with Gasteiger partial charge in [-0.25, -0.2) is 0 Å². The van der Waals surface area contributed by atoms with Gasteiger partial charge in [0.05, 0.1) is 0 Å². The minimum atomic E-state index is -0.614. The summed E-state index contributed by atoms with van der Waals surface area (Å²) in [5.74, 6) is -0.190. The van der Waals surface area contributed by atoms with Crippen molar-refractivity contribution in [2.45, 2.75) is 103 Å². The summed E-state index contributed by atoms with van der Waals surface area (Å²) in [6, 6.07) is 2.02. The fourth-order valence-electron chi connectivity index (χ4n) is 4.65. The number of carbonyl (C=O) groups is 1. The number of piperidine rings is 1. The van der Waals surface area contributed by atoms with E-state index in [1.165, 1.54) is 51.4 Å². The van der Waals surface area contributed by atoms with E-state index in [0.29, 0.717) is 30.5 Å². The molecule has 3 heteroatoms. The van der Waals surface area contributed by atoms with Crippen LogP contribution in [0.3, 0.4) is 0 Å². The number of carboxylic acids is 1. The number of fused-ring (bicyclic) bond motifs is 2. The molecule has 2 aliphatic heterocycles. The van der Waals surface area contributed by atoms with Crippen LogP contribution in [0.15, 0.2) is 0 Å². The topological polar surface area (TPSA) is 40.5 Å². The fourth-order valence-corrected chi connectivity index (χ4v) is 4.65. The van der Waals surface area contributed by atoms with Gasteiger partial charge in [0, 0.05) is 24.5 Å². The third-order valence-electron chi connectivity index (χ3n) is 5.58. The van der Waals surface area contributed by atoms with Gasteiger partial charge in [-0.2, -0.15) is 0 Å². The van der Waals surface area contributed by atoms with Crippen molar-refractivity contribution < 1.29 is 9.90 Å². The summed E-state index contributed by atoms with van der Waals surface area (Å²) in [6.45, 7) is 4.66. The zero-order valence-corrected chi connectivity index (χ0v) is 13.9. The molecule has 3 unspecified atom stereocenters. The van der Waals surface area contributed by atoms with E-state index in [1.807, 2.05) is 0 Å². The molecule has 0 aliphatic carbocycles. The second kappa shape index (κ2) is 8.17. The van der Waals surface area contributed by atoms with Crippen LogP contribution < -0.4 is 0 Å². The van der Waals surface area contributed by atoms with Crippen molar-refractivity contribution in [3.8, 4) is 0 Å². The van der Waals surface area contributed by atoms with E-state index in [1.54, 1.807) is 0 Å². The van der Waals surface area contributed by atoms with Crippen molar-refractivity contribution in [2.75, 3.05) is 0 Å². The van der Waals surface area contributed by atoms with Crippen LogP contribution in [-0.4, -0.2) is 34.1 Å². The molecule has 0 aromatic carbocycles. The molecule has 2 rings (SSSR count). The predicted molar refractivity (Wildman–Crippen MR) is 86.5 cm³/mol. The Balaban J connectivity index is 1.75. The van der Waals surface area contributed by atoms with Gasteiger partial charge in [0.2, 0.25) is 0 Å². The Bertz CT molecular complexity index is 317. The Labute approximate surface area is 130 Å². The van der Waals surface area contributed by atoms with Gasteiger partial charge in [-0.1, -0.05) is 39.0 Å². The quantitative estimate of drug-likeness (QED) is 0.639. The van der Waals surface area contributed by atoms with E-state index in [0.717, 1.165) is 12.8 Å². The van der Waals surface area contributed by atoms with Crippen molar-refractivity contribution in [1.29, 1.82) is 0 Å². The third-order valence-corrected chi connectivity index (χ3v) is 5.58. The van der Waals surface area contributed by atoms with Gasteiger partial charge in [-0.3, -0.25) is 9.69 Å². The van der Waals surface area contributed by atoms with E-state index in [2.05, 4.69) is 18.7 Å². The molecule has 0 aromatic rings. The molecule has 0 saturated carbocycles. The Morgan fingerprint density at radius 2 is 1.76 bits per heavy atom. The Morgan fingerprint density at radius 3 is 2.33 bits per heavy atom. The van der Waals surface area contributed by atoms with Crippen LogP contribution in [0.25, 0.3) is 0 Å². The molecule has 0 aromatic heterocycles.